The predicted molar refractivity (Wildman–Crippen MR) is 106 cm³/mol. The van der Waals surface area contributed by atoms with E-state index in [4.69, 9.17) is 16.0 Å². The smallest absolute Gasteiger partial charge is 0.170 e. The summed E-state index contributed by atoms with van der Waals surface area (Å²) in [5.74, 6) is 1.26. The van der Waals surface area contributed by atoms with Crippen molar-refractivity contribution in [2.24, 2.45) is 0 Å². The van der Waals surface area contributed by atoms with E-state index in [-0.39, 0.29) is 0 Å². The Balaban J connectivity index is 1.46. The van der Waals surface area contributed by atoms with Crippen molar-refractivity contribution < 1.29 is 4.52 Å². The maximum absolute atomic E-state index is 5.90. The first-order valence-electron chi connectivity index (χ1n) is 8.33. The Morgan fingerprint density at radius 3 is 2.56 bits per heavy atom. The molecule has 3 heterocycles. The molecule has 3 aromatic heterocycles. The van der Waals surface area contributed by atoms with Crippen LogP contribution in [0.15, 0.2) is 81.3 Å². The third kappa shape index (κ3) is 4.09. The Hall–Kier alpha value is -3.32. The van der Waals surface area contributed by atoms with Gasteiger partial charge >= 0.3 is 0 Å². The summed E-state index contributed by atoms with van der Waals surface area (Å²) < 4.78 is 5.41. The van der Waals surface area contributed by atoms with Gasteiger partial charge in [-0.1, -0.05) is 41.2 Å². The molecule has 1 aromatic carbocycles. The summed E-state index contributed by atoms with van der Waals surface area (Å²) in [5.41, 5.74) is 14.1. The van der Waals surface area contributed by atoms with Crippen molar-refractivity contribution >= 4 is 23.4 Å². The summed E-state index contributed by atoms with van der Waals surface area (Å²) in [6.07, 6.45) is 2.48. The number of rotatable bonds is 5. The summed E-state index contributed by atoms with van der Waals surface area (Å²) in [4.78, 5) is 9.72. The second-order valence-corrected chi connectivity index (χ2v) is 7.04. The zero-order chi connectivity index (χ0) is 18.6. The molecule has 6 nitrogen and oxygen atoms in total. The molecular weight excluding hydrogens is 358 g/mol. The topological polar surface area (TPSA) is 104 Å². The Kier molecular flexibility index (Phi) is 4.76. The van der Waals surface area contributed by atoms with Crippen LogP contribution in [0.4, 0.5) is 11.6 Å². The third-order valence-corrected chi connectivity index (χ3v) is 4.88. The van der Waals surface area contributed by atoms with Crippen LogP contribution in [0.1, 0.15) is 11.3 Å². The Labute approximate surface area is 160 Å². The van der Waals surface area contributed by atoms with Gasteiger partial charge in [0.15, 0.2) is 5.76 Å². The molecule has 7 heteroatoms. The van der Waals surface area contributed by atoms with Crippen molar-refractivity contribution in [3.05, 3.63) is 78.1 Å². The van der Waals surface area contributed by atoms with Gasteiger partial charge in [-0.25, -0.2) is 9.97 Å². The monoisotopic (exact) mass is 375 g/mol. The van der Waals surface area contributed by atoms with E-state index in [1.807, 2.05) is 42.6 Å². The van der Waals surface area contributed by atoms with Crippen LogP contribution < -0.4 is 11.5 Å². The minimum Gasteiger partial charge on any atom is -0.384 e. The molecule has 4 N–H and O–H groups in total. The van der Waals surface area contributed by atoms with E-state index in [0.29, 0.717) is 29.4 Å². The molecule has 134 valence electrons. The van der Waals surface area contributed by atoms with Crippen molar-refractivity contribution in [1.29, 1.82) is 0 Å². The first-order chi connectivity index (χ1) is 13.2. The van der Waals surface area contributed by atoms with Gasteiger partial charge in [0.2, 0.25) is 0 Å². The average Bonchev–Trinajstić information content (AvgIpc) is 3.12. The van der Waals surface area contributed by atoms with Crippen molar-refractivity contribution in [1.82, 2.24) is 15.1 Å². The highest BCUT2D eigenvalue weighted by atomic mass is 32.2. The Morgan fingerprint density at radius 2 is 1.81 bits per heavy atom. The quantitative estimate of drug-likeness (QED) is 0.542. The van der Waals surface area contributed by atoms with Crippen LogP contribution in [-0.4, -0.2) is 15.1 Å². The normalized spacial score (nSPS) is 10.8. The molecule has 0 aliphatic carbocycles. The van der Waals surface area contributed by atoms with Gasteiger partial charge in [-0.15, -0.1) is 0 Å². The highest BCUT2D eigenvalue weighted by Gasteiger charge is 2.12. The second kappa shape index (κ2) is 7.51. The number of anilines is 2. The van der Waals surface area contributed by atoms with E-state index in [0.717, 1.165) is 21.2 Å². The van der Waals surface area contributed by atoms with E-state index in [1.54, 1.807) is 23.9 Å². The minimum absolute atomic E-state index is 0.321. The molecule has 0 amide bonds. The van der Waals surface area contributed by atoms with E-state index in [2.05, 4.69) is 27.3 Å². The minimum atomic E-state index is 0.321. The standard InChI is InChI=1S/C20H17N5OS/c21-18-8-7-16(20(22)24-18)17-11-14(25-26-17)10-13-6-9-19(23-12-13)27-15-4-2-1-3-5-15/h1-9,11-12H,10H2,(H4,21,22,24). The zero-order valence-electron chi connectivity index (χ0n) is 14.4. The molecule has 0 radical (unpaired) electrons. The molecule has 0 atom stereocenters. The molecule has 0 saturated carbocycles. The van der Waals surface area contributed by atoms with Gasteiger partial charge in [0, 0.05) is 23.6 Å². The molecule has 0 bridgehead atoms. The van der Waals surface area contributed by atoms with Crippen molar-refractivity contribution in [3.63, 3.8) is 0 Å². The summed E-state index contributed by atoms with van der Waals surface area (Å²) in [7, 11) is 0. The van der Waals surface area contributed by atoms with Gasteiger partial charge in [0.25, 0.3) is 0 Å². The lowest BCUT2D eigenvalue weighted by atomic mass is 10.1. The maximum atomic E-state index is 5.90. The molecule has 4 aromatic rings. The van der Waals surface area contributed by atoms with Crippen LogP contribution in [0, 0.1) is 0 Å². The second-order valence-electron chi connectivity index (χ2n) is 5.95. The van der Waals surface area contributed by atoms with Gasteiger partial charge in [0.1, 0.15) is 16.7 Å². The van der Waals surface area contributed by atoms with Crippen LogP contribution in [-0.2, 0) is 6.42 Å². The number of hydrogen-bond acceptors (Lipinski definition) is 7. The fourth-order valence-electron chi connectivity index (χ4n) is 2.62. The van der Waals surface area contributed by atoms with E-state index in [1.165, 1.54) is 0 Å². The number of nitrogens with zero attached hydrogens (tertiary/aromatic N) is 3. The van der Waals surface area contributed by atoms with Gasteiger partial charge in [-0.05, 0) is 35.9 Å². The van der Waals surface area contributed by atoms with E-state index < -0.39 is 0 Å². The molecule has 0 aliphatic heterocycles. The lowest BCUT2D eigenvalue weighted by Gasteiger charge is -2.02. The molecule has 0 spiro atoms. The summed E-state index contributed by atoms with van der Waals surface area (Å²) >= 11 is 1.63. The summed E-state index contributed by atoms with van der Waals surface area (Å²) in [5, 5.41) is 5.07. The van der Waals surface area contributed by atoms with Crippen LogP contribution in [0.2, 0.25) is 0 Å². The fourth-order valence-corrected chi connectivity index (χ4v) is 3.39. The van der Waals surface area contributed by atoms with Crippen LogP contribution >= 0.6 is 11.8 Å². The van der Waals surface area contributed by atoms with E-state index >= 15 is 0 Å². The van der Waals surface area contributed by atoms with Crippen molar-refractivity contribution in [2.45, 2.75) is 16.3 Å². The predicted octanol–water partition coefficient (Wildman–Crippen LogP) is 4.04. The van der Waals surface area contributed by atoms with Crippen LogP contribution in [0.3, 0.4) is 0 Å². The van der Waals surface area contributed by atoms with Gasteiger partial charge in [-0.3, -0.25) is 0 Å². The van der Waals surface area contributed by atoms with E-state index in [9.17, 15) is 0 Å². The zero-order valence-corrected chi connectivity index (χ0v) is 15.2. The SMILES string of the molecule is Nc1ccc(-c2cc(Cc3ccc(Sc4ccccc4)nc3)no2)c(N)n1. The first-order valence-corrected chi connectivity index (χ1v) is 9.15. The molecule has 0 fully saturated rings. The largest absolute Gasteiger partial charge is 0.384 e. The number of nitrogen functional groups attached to an aromatic ring is 2. The van der Waals surface area contributed by atoms with Crippen molar-refractivity contribution in [3.8, 4) is 11.3 Å². The highest BCUT2D eigenvalue weighted by molar-refractivity contribution is 7.99. The maximum Gasteiger partial charge on any atom is 0.170 e. The number of aromatic nitrogens is 3. The van der Waals surface area contributed by atoms with Crippen molar-refractivity contribution in [2.75, 3.05) is 11.5 Å². The van der Waals surface area contributed by atoms with Crippen LogP contribution in [0.25, 0.3) is 11.3 Å². The average molecular weight is 375 g/mol. The number of hydrogen-bond donors (Lipinski definition) is 2. The first kappa shape index (κ1) is 17.1. The van der Waals surface area contributed by atoms with Gasteiger partial charge in [-0.2, -0.15) is 0 Å². The number of pyridine rings is 2. The Morgan fingerprint density at radius 1 is 0.963 bits per heavy atom. The lowest BCUT2D eigenvalue weighted by molar-refractivity contribution is 0.425. The Bertz CT molecular complexity index is 1050. The summed E-state index contributed by atoms with van der Waals surface area (Å²) in [6, 6.07) is 19.5. The molecule has 0 aliphatic rings. The number of nitrogens with two attached hydrogens (primary N) is 2. The molecule has 0 unspecified atom stereocenters. The van der Waals surface area contributed by atoms with Gasteiger partial charge < -0.3 is 16.0 Å². The third-order valence-electron chi connectivity index (χ3n) is 3.92. The molecule has 4 rings (SSSR count). The highest BCUT2D eigenvalue weighted by Crippen LogP contribution is 2.28. The van der Waals surface area contributed by atoms with Crippen LogP contribution in [0.5, 0.6) is 0 Å². The van der Waals surface area contributed by atoms with Gasteiger partial charge in [0.05, 0.1) is 11.3 Å². The molecule has 0 saturated heterocycles. The lowest BCUT2D eigenvalue weighted by Crippen LogP contribution is -1.97. The molecule has 27 heavy (non-hydrogen) atoms. The number of benzene rings is 1. The fraction of sp³-hybridized carbons (Fsp3) is 0.0500. The summed E-state index contributed by atoms with van der Waals surface area (Å²) in [6.45, 7) is 0. The molecular formula is C20H17N5OS.